The molecule has 192 valence electrons. The molecular weight excluding hydrogens is 456 g/mol. The highest BCUT2D eigenvalue weighted by atomic mass is 16.5. The number of rotatable bonds is 8. The van der Waals surface area contributed by atoms with Crippen LogP contribution in [0.15, 0.2) is 35.1 Å². The second-order valence-corrected chi connectivity index (χ2v) is 10.1. The van der Waals surface area contributed by atoms with E-state index < -0.39 is 0 Å². The van der Waals surface area contributed by atoms with Crippen molar-refractivity contribution in [3.05, 3.63) is 30.6 Å². The van der Waals surface area contributed by atoms with Crippen molar-refractivity contribution in [1.29, 1.82) is 0 Å². The molecule has 0 bridgehead atoms. The molecule has 1 amide bonds. The third-order valence-electron chi connectivity index (χ3n) is 7.47. The maximum absolute atomic E-state index is 12.8. The highest BCUT2D eigenvalue weighted by Gasteiger charge is 2.28. The molecule has 1 aromatic carbocycles. The molecule has 9 nitrogen and oxygen atoms in total. The Morgan fingerprint density at radius 1 is 1.14 bits per heavy atom. The van der Waals surface area contributed by atoms with Crippen molar-refractivity contribution in [2.24, 2.45) is 11.8 Å². The SMILES string of the molecule is COc1ccc(-c2noc3ncnc(N4CCC(C(=O)NCCCN5CCCC(C)C5)CC4)c23)cc1. The highest BCUT2D eigenvalue weighted by Crippen LogP contribution is 2.35. The molecule has 0 spiro atoms. The Kier molecular flexibility index (Phi) is 7.65. The van der Waals surface area contributed by atoms with E-state index in [-0.39, 0.29) is 11.8 Å². The van der Waals surface area contributed by atoms with Gasteiger partial charge in [0.05, 0.1) is 7.11 Å². The monoisotopic (exact) mass is 492 g/mol. The Morgan fingerprint density at radius 3 is 2.69 bits per heavy atom. The average molecular weight is 493 g/mol. The summed E-state index contributed by atoms with van der Waals surface area (Å²) in [5, 5.41) is 8.27. The molecule has 0 radical (unpaired) electrons. The van der Waals surface area contributed by atoms with E-state index in [1.165, 1.54) is 32.3 Å². The lowest BCUT2D eigenvalue weighted by Crippen LogP contribution is -2.42. The third-order valence-corrected chi connectivity index (χ3v) is 7.47. The van der Waals surface area contributed by atoms with Gasteiger partial charge in [0.15, 0.2) is 0 Å². The zero-order valence-electron chi connectivity index (χ0n) is 21.3. The summed E-state index contributed by atoms with van der Waals surface area (Å²) in [7, 11) is 1.65. The average Bonchev–Trinajstić information content (AvgIpc) is 3.36. The number of likely N-dealkylation sites (tertiary alicyclic amines) is 1. The van der Waals surface area contributed by atoms with Gasteiger partial charge in [-0.3, -0.25) is 4.79 Å². The van der Waals surface area contributed by atoms with Crippen LogP contribution >= 0.6 is 0 Å². The van der Waals surface area contributed by atoms with Gasteiger partial charge in [-0.05, 0) is 75.4 Å². The number of methoxy groups -OCH3 is 1. The van der Waals surface area contributed by atoms with E-state index in [1.54, 1.807) is 7.11 Å². The van der Waals surface area contributed by atoms with Gasteiger partial charge in [0, 0.05) is 37.7 Å². The molecule has 2 aliphatic rings. The summed E-state index contributed by atoms with van der Waals surface area (Å²) in [6.45, 7) is 8.04. The normalized spacial score (nSPS) is 19.5. The van der Waals surface area contributed by atoms with Crippen LogP contribution in [0, 0.1) is 11.8 Å². The number of carbonyl (C=O) groups is 1. The number of nitrogens with zero attached hydrogens (tertiary/aromatic N) is 5. The summed E-state index contributed by atoms with van der Waals surface area (Å²) in [5.74, 6) is 2.60. The van der Waals surface area contributed by atoms with Crippen LogP contribution in [0.25, 0.3) is 22.4 Å². The fraction of sp³-hybridized carbons (Fsp3) is 0.556. The van der Waals surface area contributed by atoms with Crippen molar-refractivity contribution in [3.63, 3.8) is 0 Å². The van der Waals surface area contributed by atoms with Gasteiger partial charge >= 0.3 is 0 Å². The number of nitrogens with one attached hydrogen (secondary N) is 1. The van der Waals surface area contributed by atoms with E-state index >= 15 is 0 Å². The lowest BCUT2D eigenvalue weighted by Gasteiger charge is -2.32. The predicted octanol–water partition coefficient (Wildman–Crippen LogP) is 3.75. The summed E-state index contributed by atoms with van der Waals surface area (Å²) in [6, 6.07) is 7.71. The zero-order chi connectivity index (χ0) is 24.9. The number of anilines is 1. The van der Waals surface area contributed by atoms with E-state index in [1.807, 2.05) is 24.3 Å². The largest absolute Gasteiger partial charge is 0.497 e. The van der Waals surface area contributed by atoms with E-state index in [0.29, 0.717) is 11.4 Å². The van der Waals surface area contributed by atoms with Crippen LogP contribution in [0.3, 0.4) is 0 Å². The van der Waals surface area contributed by atoms with Crippen LogP contribution in [-0.2, 0) is 4.79 Å². The first kappa shape index (κ1) is 24.5. The number of carbonyl (C=O) groups excluding carboxylic acids is 1. The summed E-state index contributed by atoms with van der Waals surface area (Å²) < 4.78 is 10.8. The van der Waals surface area contributed by atoms with Crippen LogP contribution in [0.1, 0.15) is 39.0 Å². The minimum atomic E-state index is 0.0390. The molecule has 2 saturated heterocycles. The van der Waals surface area contributed by atoms with Crippen LogP contribution in [0.2, 0.25) is 0 Å². The molecule has 4 heterocycles. The molecule has 1 atom stereocenters. The van der Waals surface area contributed by atoms with Crippen LogP contribution < -0.4 is 15.0 Å². The zero-order valence-corrected chi connectivity index (χ0v) is 21.3. The number of hydrogen-bond acceptors (Lipinski definition) is 8. The number of fused-ring (bicyclic) bond motifs is 1. The molecular formula is C27H36N6O3. The lowest BCUT2D eigenvalue weighted by atomic mass is 9.95. The number of aromatic nitrogens is 3. The molecule has 0 saturated carbocycles. The Morgan fingerprint density at radius 2 is 1.94 bits per heavy atom. The fourth-order valence-corrected chi connectivity index (χ4v) is 5.46. The first-order valence-corrected chi connectivity index (χ1v) is 13.1. The lowest BCUT2D eigenvalue weighted by molar-refractivity contribution is -0.125. The molecule has 0 aliphatic carbocycles. The maximum atomic E-state index is 12.8. The topological polar surface area (TPSA) is 96.6 Å². The fourth-order valence-electron chi connectivity index (χ4n) is 5.46. The van der Waals surface area contributed by atoms with Crippen molar-refractivity contribution < 1.29 is 14.1 Å². The summed E-state index contributed by atoms with van der Waals surface area (Å²) >= 11 is 0. The van der Waals surface area contributed by atoms with Gasteiger partial charge in [0.1, 0.15) is 29.0 Å². The molecule has 2 fully saturated rings. The number of ether oxygens (including phenoxy) is 1. The Hall–Kier alpha value is -3.20. The van der Waals surface area contributed by atoms with Crippen LogP contribution in [0.4, 0.5) is 5.82 Å². The number of amides is 1. The van der Waals surface area contributed by atoms with E-state index in [0.717, 1.165) is 73.9 Å². The standard InChI is InChI=1S/C27H36N6O3/c1-19-5-3-13-32(17-19)14-4-12-28-26(34)21-10-15-33(16-11-21)25-23-24(31-36-27(23)30-18-29-25)20-6-8-22(35-2)9-7-20/h6-9,18-19,21H,3-5,10-17H2,1-2H3,(H,28,34). The first-order chi connectivity index (χ1) is 17.6. The number of piperidine rings is 2. The van der Waals surface area contributed by atoms with Gasteiger partial charge in [0.2, 0.25) is 5.91 Å². The summed E-state index contributed by atoms with van der Waals surface area (Å²) in [6.07, 6.45) is 6.75. The third kappa shape index (κ3) is 5.46. The minimum Gasteiger partial charge on any atom is -0.497 e. The van der Waals surface area contributed by atoms with E-state index in [4.69, 9.17) is 9.26 Å². The molecule has 2 aliphatic heterocycles. The van der Waals surface area contributed by atoms with Crippen molar-refractivity contribution in [1.82, 2.24) is 25.3 Å². The van der Waals surface area contributed by atoms with Crippen molar-refractivity contribution >= 4 is 22.8 Å². The second-order valence-electron chi connectivity index (χ2n) is 10.1. The van der Waals surface area contributed by atoms with Crippen molar-refractivity contribution in [3.8, 4) is 17.0 Å². The second kappa shape index (κ2) is 11.2. The quantitative estimate of drug-likeness (QED) is 0.475. The van der Waals surface area contributed by atoms with E-state index in [9.17, 15) is 4.79 Å². The first-order valence-electron chi connectivity index (χ1n) is 13.1. The Labute approximate surface area is 212 Å². The summed E-state index contributed by atoms with van der Waals surface area (Å²) in [5.41, 5.74) is 2.10. The molecule has 5 rings (SSSR count). The van der Waals surface area contributed by atoms with Gasteiger partial charge in [0.25, 0.3) is 5.71 Å². The highest BCUT2D eigenvalue weighted by molar-refractivity contribution is 5.98. The van der Waals surface area contributed by atoms with Gasteiger partial charge < -0.3 is 24.4 Å². The number of benzene rings is 1. The van der Waals surface area contributed by atoms with E-state index in [2.05, 4.69) is 37.2 Å². The predicted molar refractivity (Wildman–Crippen MR) is 139 cm³/mol. The van der Waals surface area contributed by atoms with Gasteiger partial charge in [-0.1, -0.05) is 12.1 Å². The Balaban J connectivity index is 1.17. The molecule has 1 unspecified atom stereocenters. The molecule has 3 aromatic rings. The van der Waals surface area contributed by atoms with Crippen LogP contribution in [-0.4, -0.2) is 72.3 Å². The molecule has 9 heteroatoms. The molecule has 1 N–H and O–H groups in total. The smallest absolute Gasteiger partial charge is 0.263 e. The maximum Gasteiger partial charge on any atom is 0.263 e. The summed E-state index contributed by atoms with van der Waals surface area (Å²) in [4.78, 5) is 26.4. The van der Waals surface area contributed by atoms with Gasteiger partial charge in [-0.25, -0.2) is 4.98 Å². The van der Waals surface area contributed by atoms with Crippen molar-refractivity contribution in [2.75, 3.05) is 51.3 Å². The number of hydrogen-bond donors (Lipinski definition) is 1. The van der Waals surface area contributed by atoms with Crippen LogP contribution in [0.5, 0.6) is 5.75 Å². The van der Waals surface area contributed by atoms with Gasteiger partial charge in [-0.2, -0.15) is 4.98 Å². The minimum absolute atomic E-state index is 0.0390. The molecule has 36 heavy (non-hydrogen) atoms. The van der Waals surface area contributed by atoms with Crippen molar-refractivity contribution in [2.45, 2.75) is 39.0 Å². The molecule has 2 aromatic heterocycles. The van der Waals surface area contributed by atoms with Gasteiger partial charge in [-0.15, -0.1) is 0 Å². The Bertz CT molecular complexity index is 1160.